The second-order valence-corrected chi connectivity index (χ2v) is 5.11. The minimum atomic E-state index is -0.203. The normalized spacial score (nSPS) is 11.1. The lowest BCUT2D eigenvalue weighted by atomic mass is 10.1. The van der Waals surface area contributed by atoms with Crippen LogP contribution in [-0.2, 0) is 16.0 Å². The van der Waals surface area contributed by atoms with Crippen molar-refractivity contribution in [3.8, 4) is 0 Å². The van der Waals surface area contributed by atoms with Crippen molar-refractivity contribution in [1.82, 2.24) is 4.98 Å². The topological polar surface area (TPSA) is 42.1 Å². The van der Waals surface area contributed by atoms with E-state index >= 15 is 0 Å². The third-order valence-electron chi connectivity index (χ3n) is 3.28. The van der Waals surface area contributed by atoms with Gasteiger partial charge in [0.15, 0.2) is 0 Å². The maximum atomic E-state index is 11.5. The molecule has 0 radical (unpaired) electrons. The Bertz CT molecular complexity index is 792. The van der Waals surface area contributed by atoms with Crippen LogP contribution >= 0.6 is 11.6 Å². The predicted molar refractivity (Wildman–Crippen MR) is 81.2 cm³/mol. The van der Waals surface area contributed by atoms with E-state index in [0.29, 0.717) is 18.1 Å². The van der Waals surface area contributed by atoms with E-state index in [-0.39, 0.29) is 5.97 Å². The molecule has 20 heavy (non-hydrogen) atoms. The molecule has 0 bridgehead atoms. The van der Waals surface area contributed by atoms with Gasteiger partial charge in [0.1, 0.15) is 0 Å². The summed E-state index contributed by atoms with van der Waals surface area (Å²) in [6, 6.07) is 11.7. The van der Waals surface area contributed by atoms with Gasteiger partial charge < -0.3 is 9.72 Å². The molecule has 0 saturated heterocycles. The Morgan fingerprint density at radius 1 is 1.15 bits per heavy atom. The molecule has 0 unspecified atom stereocenters. The maximum absolute atomic E-state index is 11.5. The molecule has 1 aromatic heterocycles. The van der Waals surface area contributed by atoms with Crippen LogP contribution in [0, 0.1) is 0 Å². The third-order valence-corrected chi connectivity index (χ3v) is 3.51. The molecule has 0 spiro atoms. The first kappa shape index (κ1) is 13.0. The molecule has 2 aromatic carbocycles. The predicted octanol–water partition coefficient (Wildman–Crippen LogP) is 4.08. The first-order valence-electron chi connectivity index (χ1n) is 6.53. The Balaban J connectivity index is 2.03. The van der Waals surface area contributed by atoms with Crippen LogP contribution in [0.2, 0.25) is 5.02 Å². The van der Waals surface area contributed by atoms with Gasteiger partial charge in [-0.1, -0.05) is 23.7 Å². The number of carbonyl (C=O) groups is 1. The number of nitrogens with one attached hydrogen (secondary N) is 1. The molecular weight excluding hydrogens is 274 g/mol. The summed E-state index contributed by atoms with van der Waals surface area (Å²) in [4.78, 5) is 14.9. The van der Waals surface area contributed by atoms with Gasteiger partial charge >= 0.3 is 5.97 Å². The molecule has 0 amide bonds. The van der Waals surface area contributed by atoms with E-state index in [1.807, 2.05) is 43.3 Å². The monoisotopic (exact) mass is 287 g/mol. The molecule has 0 aliphatic rings. The summed E-state index contributed by atoms with van der Waals surface area (Å²) in [6.07, 6.45) is 0.292. The number of esters is 1. The maximum Gasteiger partial charge on any atom is 0.310 e. The van der Waals surface area contributed by atoms with Crippen molar-refractivity contribution in [3.05, 3.63) is 47.0 Å². The van der Waals surface area contributed by atoms with Crippen molar-refractivity contribution in [1.29, 1.82) is 0 Å². The Labute approximate surface area is 121 Å². The van der Waals surface area contributed by atoms with E-state index in [4.69, 9.17) is 16.3 Å². The summed E-state index contributed by atoms with van der Waals surface area (Å²) in [7, 11) is 0. The van der Waals surface area contributed by atoms with Crippen molar-refractivity contribution in [3.63, 3.8) is 0 Å². The molecule has 0 aliphatic heterocycles. The van der Waals surface area contributed by atoms with E-state index in [1.54, 1.807) is 0 Å². The van der Waals surface area contributed by atoms with E-state index in [9.17, 15) is 4.79 Å². The largest absolute Gasteiger partial charge is 0.466 e. The van der Waals surface area contributed by atoms with Gasteiger partial charge in [0, 0.05) is 26.8 Å². The van der Waals surface area contributed by atoms with E-state index in [2.05, 4.69) is 4.98 Å². The summed E-state index contributed by atoms with van der Waals surface area (Å²) in [5.41, 5.74) is 2.98. The lowest BCUT2D eigenvalue weighted by molar-refractivity contribution is -0.142. The Morgan fingerprint density at radius 3 is 2.80 bits per heavy atom. The average molecular weight is 288 g/mol. The number of ether oxygens (including phenoxy) is 1. The minimum absolute atomic E-state index is 0.203. The number of fused-ring (bicyclic) bond motifs is 3. The van der Waals surface area contributed by atoms with Crippen LogP contribution in [0.25, 0.3) is 21.8 Å². The number of aromatic nitrogens is 1. The second kappa shape index (κ2) is 5.17. The summed E-state index contributed by atoms with van der Waals surface area (Å²) < 4.78 is 4.97. The highest BCUT2D eigenvalue weighted by Gasteiger charge is 2.08. The fraction of sp³-hybridized carbons (Fsp3) is 0.188. The Hall–Kier alpha value is -2.00. The van der Waals surface area contributed by atoms with Gasteiger partial charge in [-0.3, -0.25) is 4.79 Å². The van der Waals surface area contributed by atoms with E-state index in [0.717, 1.165) is 27.4 Å². The third kappa shape index (κ3) is 2.37. The van der Waals surface area contributed by atoms with Crippen molar-refractivity contribution in [2.24, 2.45) is 0 Å². The summed E-state index contributed by atoms with van der Waals surface area (Å²) in [6.45, 7) is 2.22. The van der Waals surface area contributed by atoms with Gasteiger partial charge in [-0.15, -0.1) is 0 Å². The lowest BCUT2D eigenvalue weighted by Crippen LogP contribution is -2.07. The molecule has 0 fully saturated rings. The number of halogens is 1. The van der Waals surface area contributed by atoms with Crippen molar-refractivity contribution < 1.29 is 9.53 Å². The lowest BCUT2D eigenvalue weighted by Gasteiger charge is -2.02. The quantitative estimate of drug-likeness (QED) is 0.738. The van der Waals surface area contributed by atoms with Crippen LogP contribution in [0.4, 0.5) is 0 Å². The zero-order valence-corrected chi connectivity index (χ0v) is 11.8. The smallest absolute Gasteiger partial charge is 0.310 e. The molecule has 1 N–H and O–H groups in total. The molecule has 0 saturated carbocycles. The van der Waals surface area contributed by atoms with Crippen LogP contribution in [0.3, 0.4) is 0 Å². The summed E-state index contributed by atoms with van der Waals surface area (Å²) in [5.74, 6) is -0.203. The molecule has 1 heterocycles. The molecule has 3 rings (SSSR count). The van der Waals surface area contributed by atoms with Gasteiger partial charge in [0.2, 0.25) is 0 Å². The fourth-order valence-electron chi connectivity index (χ4n) is 2.41. The molecule has 0 aliphatic carbocycles. The van der Waals surface area contributed by atoms with E-state index < -0.39 is 0 Å². The van der Waals surface area contributed by atoms with Crippen LogP contribution in [-0.4, -0.2) is 17.6 Å². The van der Waals surface area contributed by atoms with E-state index in [1.165, 1.54) is 0 Å². The Kier molecular flexibility index (Phi) is 3.36. The van der Waals surface area contributed by atoms with Crippen LogP contribution in [0.1, 0.15) is 12.5 Å². The molecule has 0 atom stereocenters. The number of hydrogen-bond acceptors (Lipinski definition) is 2. The SMILES string of the molecule is CCOC(=O)Cc1ccc2c(c1)[nH]c1ccc(Cl)cc12. The number of benzene rings is 2. The molecule has 4 heteroatoms. The van der Waals surface area contributed by atoms with Crippen LogP contribution in [0.15, 0.2) is 36.4 Å². The van der Waals surface area contributed by atoms with Crippen molar-refractivity contribution >= 4 is 39.4 Å². The first-order valence-corrected chi connectivity index (χ1v) is 6.90. The number of aromatic amines is 1. The highest BCUT2D eigenvalue weighted by Crippen LogP contribution is 2.28. The molecule has 102 valence electrons. The molecule has 3 aromatic rings. The molecular formula is C16H14ClNO2. The summed E-state index contributed by atoms with van der Waals surface area (Å²) in [5, 5.41) is 2.92. The zero-order valence-electron chi connectivity index (χ0n) is 11.1. The first-order chi connectivity index (χ1) is 9.67. The molecule has 3 nitrogen and oxygen atoms in total. The standard InChI is InChI=1S/C16H14ClNO2/c1-2-20-16(19)8-10-3-5-12-13-9-11(17)4-6-14(13)18-15(12)7-10/h3-7,9,18H,2,8H2,1H3. The number of hydrogen-bond donors (Lipinski definition) is 1. The van der Waals surface area contributed by atoms with Gasteiger partial charge in [-0.25, -0.2) is 0 Å². The van der Waals surface area contributed by atoms with Crippen molar-refractivity contribution in [2.75, 3.05) is 6.61 Å². The fourth-order valence-corrected chi connectivity index (χ4v) is 2.58. The van der Waals surface area contributed by atoms with Gasteiger partial charge in [0.05, 0.1) is 13.0 Å². The minimum Gasteiger partial charge on any atom is -0.466 e. The van der Waals surface area contributed by atoms with Crippen molar-refractivity contribution in [2.45, 2.75) is 13.3 Å². The number of carbonyl (C=O) groups excluding carboxylic acids is 1. The number of H-pyrrole nitrogens is 1. The zero-order chi connectivity index (χ0) is 14.1. The van der Waals surface area contributed by atoms with Crippen LogP contribution < -0.4 is 0 Å². The second-order valence-electron chi connectivity index (χ2n) is 4.68. The van der Waals surface area contributed by atoms with Gasteiger partial charge in [-0.05, 0) is 36.8 Å². The van der Waals surface area contributed by atoms with Gasteiger partial charge in [0.25, 0.3) is 0 Å². The van der Waals surface area contributed by atoms with Gasteiger partial charge in [-0.2, -0.15) is 0 Å². The average Bonchev–Trinajstić information content (AvgIpc) is 2.76. The highest BCUT2D eigenvalue weighted by molar-refractivity contribution is 6.31. The van der Waals surface area contributed by atoms with Crippen LogP contribution in [0.5, 0.6) is 0 Å². The summed E-state index contributed by atoms with van der Waals surface area (Å²) >= 11 is 6.04. The Morgan fingerprint density at radius 2 is 2.00 bits per heavy atom. The highest BCUT2D eigenvalue weighted by atomic mass is 35.5. The number of rotatable bonds is 3.